The van der Waals surface area contributed by atoms with Crippen LogP contribution in [0.4, 0.5) is 5.69 Å². The number of aromatic amines is 2. The number of rotatable bonds is 5. The number of benzene rings is 1. The van der Waals surface area contributed by atoms with Gasteiger partial charge in [0.2, 0.25) is 0 Å². The maximum atomic E-state index is 5.04. The molecule has 0 bridgehead atoms. The molecule has 1 aromatic carbocycles. The smallest absolute Gasteiger partial charge is 0.181 e. The van der Waals surface area contributed by atoms with E-state index in [1.54, 1.807) is 0 Å². The molecule has 0 aliphatic carbocycles. The molecule has 7 rings (SSSR count). The molecular formula is C28H30N8. The number of nitrogens with one attached hydrogen (secondary N) is 2. The lowest BCUT2D eigenvalue weighted by molar-refractivity contribution is 0.331. The van der Waals surface area contributed by atoms with Gasteiger partial charge in [0.05, 0.1) is 16.6 Å². The number of anilines is 1. The van der Waals surface area contributed by atoms with Gasteiger partial charge in [-0.3, -0.25) is 15.0 Å². The number of aromatic nitrogens is 6. The van der Waals surface area contributed by atoms with Crippen LogP contribution >= 0.6 is 0 Å². The van der Waals surface area contributed by atoms with Crippen molar-refractivity contribution in [3.8, 4) is 22.6 Å². The Kier molecular flexibility index (Phi) is 5.39. The minimum atomic E-state index is 0.687. The van der Waals surface area contributed by atoms with Gasteiger partial charge in [0.1, 0.15) is 11.2 Å². The SMILES string of the molecule is c1cc(N2CCCCC2)c2nc(-c3[nH]nc4ncc(-c5cncc(CN6CCCC6)c5)cc34)[nH]c2c1. The van der Waals surface area contributed by atoms with Crippen LogP contribution < -0.4 is 4.90 Å². The third kappa shape index (κ3) is 3.91. The van der Waals surface area contributed by atoms with E-state index in [1.807, 2.05) is 18.6 Å². The van der Waals surface area contributed by atoms with Crippen LogP contribution in [0.25, 0.3) is 44.7 Å². The van der Waals surface area contributed by atoms with E-state index in [1.165, 1.54) is 56.4 Å². The Balaban J connectivity index is 1.25. The van der Waals surface area contributed by atoms with Crippen LogP contribution in [0.3, 0.4) is 0 Å². The van der Waals surface area contributed by atoms with Gasteiger partial charge in [0, 0.05) is 49.4 Å². The first-order chi connectivity index (χ1) is 17.8. The van der Waals surface area contributed by atoms with Crippen LogP contribution in [-0.2, 0) is 6.54 Å². The molecule has 8 heteroatoms. The normalized spacial score (nSPS) is 16.9. The molecule has 2 saturated heterocycles. The molecule has 2 aliphatic rings. The fraction of sp³-hybridized carbons (Fsp3) is 0.357. The monoisotopic (exact) mass is 478 g/mol. The van der Waals surface area contributed by atoms with Gasteiger partial charge in [-0.05, 0) is 75.0 Å². The summed E-state index contributed by atoms with van der Waals surface area (Å²) in [6.07, 6.45) is 12.1. The minimum Gasteiger partial charge on any atom is -0.370 e. The van der Waals surface area contributed by atoms with Crippen molar-refractivity contribution in [2.24, 2.45) is 0 Å². The fourth-order valence-corrected chi connectivity index (χ4v) is 5.69. The molecule has 0 saturated carbocycles. The quantitative estimate of drug-likeness (QED) is 0.363. The largest absolute Gasteiger partial charge is 0.370 e. The second-order valence-electron chi connectivity index (χ2n) is 10.1. The van der Waals surface area contributed by atoms with Gasteiger partial charge in [-0.15, -0.1) is 0 Å². The number of imidazole rings is 1. The van der Waals surface area contributed by atoms with Crippen molar-refractivity contribution in [2.75, 3.05) is 31.1 Å². The summed E-state index contributed by atoms with van der Waals surface area (Å²) in [7, 11) is 0. The molecule has 36 heavy (non-hydrogen) atoms. The summed E-state index contributed by atoms with van der Waals surface area (Å²) in [5, 5.41) is 8.61. The van der Waals surface area contributed by atoms with Crippen molar-refractivity contribution in [3.05, 3.63) is 54.5 Å². The van der Waals surface area contributed by atoms with Crippen molar-refractivity contribution < 1.29 is 0 Å². The van der Waals surface area contributed by atoms with Crippen molar-refractivity contribution in [3.63, 3.8) is 0 Å². The predicted molar refractivity (Wildman–Crippen MR) is 143 cm³/mol. The lowest BCUT2D eigenvalue weighted by atomic mass is 10.1. The number of pyridine rings is 2. The van der Waals surface area contributed by atoms with E-state index in [9.17, 15) is 0 Å². The fourth-order valence-electron chi connectivity index (χ4n) is 5.69. The minimum absolute atomic E-state index is 0.687. The summed E-state index contributed by atoms with van der Waals surface area (Å²) >= 11 is 0. The number of hydrogen-bond acceptors (Lipinski definition) is 6. The van der Waals surface area contributed by atoms with Crippen LogP contribution in [0, 0.1) is 0 Å². The molecule has 0 atom stereocenters. The van der Waals surface area contributed by atoms with Gasteiger partial charge in [-0.25, -0.2) is 9.97 Å². The predicted octanol–water partition coefficient (Wildman–Crippen LogP) is 5.15. The topological polar surface area (TPSA) is 89.6 Å². The Morgan fingerprint density at radius 3 is 2.58 bits per heavy atom. The highest BCUT2D eigenvalue weighted by atomic mass is 15.2. The Hall–Kier alpha value is -3.78. The maximum absolute atomic E-state index is 5.04. The van der Waals surface area contributed by atoms with Gasteiger partial charge >= 0.3 is 0 Å². The molecule has 2 aliphatic heterocycles. The van der Waals surface area contributed by atoms with Crippen LogP contribution in [0.15, 0.2) is 48.9 Å². The molecule has 0 spiro atoms. The number of fused-ring (bicyclic) bond motifs is 2. The van der Waals surface area contributed by atoms with Gasteiger partial charge in [-0.2, -0.15) is 5.10 Å². The van der Waals surface area contributed by atoms with Crippen LogP contribution in [0.1, 0.15) is 37.7 Å². The van der Waals surface area contributed by atoms with Crippen LogP contribution in [-0.4, -0.2) is 61.2 Å². The lowest BCUT2D eigenvalue weighted by Crippen LogP contribution is -2.29. The van der Waals surface area contributed by atoms with Gasteiger partial charge < -0.3 is 9.88 Å². The second-order valence-corrected chi connectivity index (χ2v) is 10.1. The Bertz CT molecular complexity index is 1520. The molecule has 2 N–H and O–H groups in total. The van der Waals surface area contributed by atoms with E-state index < -0.39 is 0 Å². The highest BCUT2D eigenvalue weighted by Crippen LogP contribution is 2.33. The van der Waals surface area contributed by atoms with Crippen LogP contribution in [0.5, 0.6) is 0 Å². The van der Waals surface area contributed by atoms with E-state index >= 15 is 0 Å². The Morgan fingerprint density at radius 1 is 0.861 bits per heavy atom. The third-order valence-corrected chi connectivity index (χ3v) is 7.57. The zero-order valence-electron chi connectivity index (χ0n) is 20.4. The number of likely N-dealkylation sites (tertiary alicyclic amines) is 1. The average molecular weight is 479 g/mol. The first kappa shape index (κ1) is 21.5. The number of H-pyrrole nitrogens is 2. The van der Waals surface area contributed by atoms with Gasteiger partial charge in [0.15, 0.2) is 11.5 Å². The number of nitrogens with zero attached hydrogens (tertiary/aromatic N) is 6. The summed E-state index contributed by atoms with van der Waals surface area (Å²) in [4.78, 5) is 22.7. The Morgan fingerprint density at radius 2 is 1.69 bits per heavy atom. The molecule has 6 heterocycles. The van der Waals surface area contributed by atoms with E-state index in [4.69, 9.17) is 4.98 Å². The zero-order valence-corrected chi connectivity index (χ0v) is 20.4. The molecule has 0 unspecified atom stereocenters. The summed E-state index contributed by atoms with van der Waals surface area (Å²) in [6, 6.07) is 10.8. The molecule has 182 valence electrons. The van der Waals surface area contributed by atoms with E-state index in [-0.39, 0.29) is 0 Å². The number of piperidine rings is 1. The molecule has 0 amide bonds. The molecule has 5 aromatic rings. The van der Waals surface area contributed by atoms with Crippen molar-refractivity contribution >= 4 is 27.8 Å². The maximum Gasteiger partial charge on any atom is 0.181 e. The molecule has 8 nitrogen and oxygen atoms in total. The average Bonchev–Trinajstić information content (AvgIpc) is 3.68. The van der Waals surface area contributed by atoms with E-state index in [2.05, 4.69) is 65.3 Å². The Labute approximate surface area is 209 Å². The summed E-state index contributed by atoms with van der Waals surface area (Å²) in [6.45, 7) is 5.48. The second kappa shape index (κ2) is 9.02. The molecule has 2 fully saturated rings. The number of para-hydroxylation sites is 1. The van der Waals surface area contributed by atoms with Gasteiger partial charge in [-0.1, -0.05) is 6.07 Å². The first-order valence-corrected chi connectivity index (χ1v) is 13.1. The molecule has 4 aromatic heterocycles. The lowest BCUT2D eigenvalue weighted by Gasteiger charge is -2.28. The highest BCUT2D eigenvalue weighted by molar-refractivity contribution is 5.96. The summed E-state index contributed by atoms with van der Waals surface area (Å²) in [5.74, 6) is 0.789. The van der Waals surface area contributed by atoms with Gasteiger partial charge in [0.25, 0.3) is 0 Å². The van der Waals surface area contributed by atoms with Crippen LogP contribution in [0.2, 0.25) is 0 Å². The summed E-state index contributed by atoms with van der Waals surface area (Å²) < 4.78 is 0. The molecule has 0 radical (unpaired) electrons. The highest BCUT2D eigenvalue weighted by Gasteiger charge is 2.19. The zero-order chi connectivity index (χ0) is 23.9. The van der Waals surface area contributed by atoms with E-state index in [0.717, 1.165) is 58.7 Å². The standard InChI is InChI=1S/C28H30N8/c1-2-11-36(12-3-1)24-8-6-7-23-26(24)32-28(31-23)25-22-14-21(17-30-27(22)34-33-25)20-13-19(15-29-16-20)18-35-9-4-5-10-35/h6-8,13-17H,1-5,9-12,18H2,(H,31,32)(H,30,33,34). The summed E-state index contributed by atoms with van der Waals surface area (Å²) in [5.41, 5.74) is 8.16. The van der Waals surface area contributed by atoms with E-state index in [0.29, 0.717) is 5.65 Å². The van der Waals surface area contributed by atoms with Crippen molar-refractivity contribution in [2.45, 2.75) is 38.6 Å². The van der Waals surface area contributed by atoms with Crippen molar-refractivity contribution in [1.82, 2.24) is 35.0 Å². The van der Waals surface area contributed by atoms with Crippen molar-refractivity contribution in [1.29, 1.82) is 0 Å². The first-order valence-electron chi connectivity index (χ1n) is 13.1. The third-order valence-electron chi connectivity index (χ3n) is 7.57. The number of hydrogen-bond donors (Lipinski definition) is 2. The molecular weight excluding hydrogens is 448 g/mol.